The number of hydrogen-bond donors (Lipinski definition) is 1. The van der Waals surface area contributed by atoms with Crippen LogP contribution in [-0.4, -0.2) is 0 Å². The number of hydrogen-bond acceptors (Lipinski definition) is 2. The Labute approximate surface area is 113 Å². The summed E-state index contributed by atoms with van der Waals surface area (Å²) < 4.78 is 6.65. The summed E-state index contributed by atoms with van der Waals surface area (Å²) in [6, 6.07) is 13.2. The van der Waals surface area contributed by atoms with E-state index in [0.29, 0.717) is 23.1 Å². The quantitative estimate of drug-likeness (QED) is 0.859. The van der Waals surface area contributed by atoms with E-state index in [4.69, 9.17) is 22.1 Å². The van der Waals surface area contributed by atoms with Crippen LogP contribution in [0.15, 0.2) is 46.9 Å². The van der Waals surface area contributed by atoms with Gasteiger partial charge in [0.2, 0.25) is 0 Å². The van der Waals surface area contributed by atoms with Crippen molar-refractivity contribution in [2.24, 2.45) is 0 Å². The summed E-state index contributed by atoms with van der Waals surface area (Å²) in [5, 5.41) is 0.528. The highest BCUT2D eigenvalue weighted by Crippen LogP contribution is 2.27. The maximum atomic E-state index is 6.01. The molecule has 2 aromatic carbocycles. The van der Waals surface area contributed by atoms with Crippen molar-refractivity contribution in [1.82, 2.24) is 0 Å². The van der Waals surface area contributed by atoms with Gasteiger partial charge in [0.15, 0.2) is 0 Å². The van der Waals surface area contributed by atoms with Crippen LogP contribution in [0, 0.1) is 0 Å². The summed E-state index contributed by atoms with van der Waals surface area (Å²) in [7, 11) is 0. The SMILES string of the molecule is Nc1ccc(OCc2cccc(Br)c2)c(Cl)c1. The van der Waals surface area contributed by atoms with Gasteiger partial charge in [-0.15, -0.1) is 0 Å². The van der Waals surface area contributed by atoms with Gasteiger partial charge in [0, 0.05) is 10.2 Å². The van der Waals surface area contributed by atoms with Gasteiger partial charge < -0.3 is 10.5 Å². The number of nitrogen functional groups attached to an aromatic ring is 1. The monoisotopic (exact) mass is 311 g/mol. The van der Waals surface area contributed by atoms with E-state index < -0.39 is 0 Å². The number of ether oxygens (including phenoxy) is 1. The molecule has 2 rings (SSSR count). The van der Waals surface area contributed by atoms with Gasteiger partial charge in [0.1, 0.15) is 12.4 Å². The molecule has 0 saturated heterocycles. The zero-order valence-electron chi connectivity index (χ0n) is 8.99. The molecule has 0 saturated carbocycles. The van der Waals surface area contributed by atoms with E-state index in [-0.39, 0.29) is 0 Å². The highest BCUT2D eigenvalue weighted by Gasteiger charge is 2.02. The zero-order valence-corrected chi connectivity index (χ0v) is 11.3. The van der Waals surface area contributed by atoms with Crippen LogP contribution < -0.4 is 10.5 Å². The third-order valence-corrected chi connectivity index (χ3v) is 3.03. The van der Waals surface area contributed by atoms with Crippen molar-refractivity contribution in [2.45, 2.75) is 6.61 Å². The molecular weight excluding hydrogens is 302 g/mol. The summed E-state index contributed by atoms with van der Waals surface area (Å²) in [4.78, 5) is 0. The van der Waals surface area contributed by atoms with Gasteiger partial charge in [-0.05, 0) is 35.9 Å². The molecule has 0 atom stereocenters. The number of anilines is 1. The molecule has 0 fully saturated rings. The summed E-state index contributed by atoms with van der Waals surface area (Å²) in [5.41, 5.74) is 7.31. The maximum Gasteiger partial charge on any atom is 0.138 e. The topological polar surface area (TPSA) is 35.2 Å². The van der Waals surface area contributed by atoms with Gasteiger partial charge in [-0.2, -0.15) is 0 Å². The molecule has 0 bridgehead atoms. The van der Waals surface area contributed by atoms with Crippen molar-refractivity contribution in [2.75, 3.05) is 5.73 Å². The Kier molecular flexibility index (Phi) is 3.92. The van der Waals surface area contributed by atoms with Gasteiger partial charge in [-0.1, -0.05) is 39.7 Å². The van der Waals surface area contributed by atoms with Crippen LogP contribution in [0.4, 0.5) is 5.69 Å². The van der Waals surface area contributed by atoms with Gasteiger partial charge >= 0.3 is 0 Å². The molecule has 2 N–H and O–H groups in total. The fourth-order valence-electron chi connectivity index (χ4n) is 1.42. The Morgan fingerprint density at radius 2 is 2.00 bits per heavy atom. The van der Waals surface area contributed by atoms with Crippen LogP contribution in [-0.2, 0) is 6.61 Å². The molecule has 0 heterocycles. The van der Waals surface area contributed by atoms with Gasteiger partial charge in [0.25, 0.3) is 0 Å². The second kappa shape index (κ2) is 5.43. The molecule has 2 nitrogen and oxygen atoms in total. The second-order valence-electron chi connectivity index (χ2n) is 3.61. The highest BCUT2D eigenvalue weighted by molar-refractivity contribution is 9.10. The number of benzene rings is 2. The van der Waals surface area contributed by atoms with E-state index in [1.807, 2.05) is 24.3 Å². The smallest absolute Gasteiger partial charge is 0.138 e. The lowest BCUT2D eigenvalue weighted by Crippen LogP contribution is -1.96. The van der Waals surface area contributed by atoms with E-state index in [1.54, 1.807) is 18.2 Å². The lowest BCUT2D eigenvalue weighted by molar-refractivity contribution is 0.306. The minimum Gasteiger partial charge on any atom is -0.487 e. The molecule has 88 valence electrons. The third kappa shape index (κ3) is 3.38. The summed E-state index contributed by atoms with van der Waals surface area (Å²) >= 11 is 9.43. The lowest BCUT2D eigenvalue weighted by Gasteiger charge is -2.08. The van der Waals surface area contributed by atoms with E-state index >= 15 is 0 Å². The van der Waals surface area contributed by atoms with Crippen LogP contribution in [0.2, 0.25) is 5.02 Å². The first-order valence-electron chi connectivity index (χ1n) is 5.07. The minimum absolute atomic E-state index is 0.475. The van der Waals surface area contributed by atoms with Crippen molar-refractivity contribution in [3.8, 4) is 5.75 Å². The predicted molar refractivity (Wildman–Crippen MR) is 74.3 cm³/mol. The van der Waals surface area contributed by atoms with Crippen molar-refractivity contribution in [3.05, 3.63) is 57.5 Å². The average molecular weight is 313 g/mol. The van der Waals surface area contributed by atoms with Crippen LogP contribution >= 0.6 is 27.5 Å². The van der Waals surface area contributed by atoms with Crippen molar-refractivity contribution in [1.29, 1.82) is 0 Å². The fourth-order valence-corrected chi connectivity index (χ4v) is 2.11. The van der Waals surface area contributed by atoms with E-state index in [1.165, 1.54) is 0 Å². The fraction of sp³-hybridized carbons (Fsp3) is 0.0769. The van der Waals surface area contributed by atoms with Gasteiger partial charge in [-0.3, -0.25) is 0 Å². The largest absolute Gasteiger partial charge is 0.487 e. The molecule has 2 aromatic rings. The second-order valence-corrected chi connectivity index (χ2v) is 4.93. The maximum absolute atomic E-state index is 6.01. The normalized spacial score (nSPS) is 10.2. The molecule has 0 aliphatic carbocycles. The third-order valence-electron chi connectivity index (χ3n) is 2.24. The number of rotatable bonds is 3. The van der Waals surface area contributed by atoms with E-state index in [2.05, 4.69) is 15.9 Å². The highest BCUT2D eigenvalue weighted by atomic mass is 79.9. The Hall–Kier alpha value is -1.19. The van der Waals surface area contributed by atoms with Crippen molar-refractivity contribution in [3.63, 3.8) is 0 Å². The molecule has 0 aliphatic heterocycles. The number of halogens is 2. The average Bonchev–Trinajstić information content (AvgIpc) is 2.28. The standard InChI is InChI=1S/C13H11BrClNO/c14-10-3-1-2-9(6-10)8-17-13-5-4-11(16)7-12(13)15/h1-7H,8,16H2. The number of nitrogens with two attached hydrogens (primary N) is 1. The summed E-state index contributed by atoms with van der Waals surface area (Å²) in [6.07, 6.45) is 0. The zero-order chi connectivity index (χ0) is 12.3. The Morgan fingerprint density at radius 1 is 1.18 bits per heavy atom. The van der Waals surface area contributed by atoms with Crippen LogP contribution in [0.25, 0.3) is 0 Å². The van der Waals surface area contributed by atoms with Crippen LogP contribution in [0.1, 0.15) is 5.56 Å². The first-order chi connectivity index (χ1) is 8.15. The molecule has 0 spiro atoms. The molecule has 0 amide bonds. The molecule has 0 radical (unpaired) electrons. The molecule has 4 heteroatoms. The molecule has 17 heavy (non-hydrogen) atoms. The lowest BCUT2D eigenvalue weighted by atomic mass is 10.2. The summed E-state index contributed by atoms with van der Waals surface area (Å²) in [5.74, 6) is 0.640. The first-order valence-corrected chi connectivity index (χ1v) is 6.24. The summed E-state index contributed by atoms with van der Waals surface area (Å²) in [6.45, 7) is 0.475. The molecule has 0 aromatic heterocycles. The Bertz CT molecular complexity index is 531. The molecular formula is C13H11BrClNO. The first kappa shape index (κ1) is 12.3. The predicted octanol–water partition coefficient (Wildman–Crippen LogP) is 4.26. The Balaban J connectivity index is 2.07. The van der Waals surface area contributed by atoms with E-state index in [0.717, 1.165) is 10.0 Å². The Morgan fingerprint density at radius 3 is 2.71 bits per heavy atom. The van der Waals surface area contributed by atoms with Crippen LogP contribution in [0.3, 0.4) is 0 Å². The van der Waals surface area contributed by atoms with Crippen LogP contribution in [0.5, 0.6) is 5.75 Å². The molecule has 0 unspecified atom stereocenters. The van der Waals surface area contributed by atoms with Crippen molar-refractivity contribution >= 4 is 33.2 Å². The minimum atomic E-state index is 0.475. The van der Waals surface area contributed by atoms with E-state index in [9.17, 15) is 0 Å². The van der Waals surface area contributed by atoms with Crippen molar-refractivity contribution < 1.29 is 4.74 Å². The van der Waals surface area contributed by atoms with Gasteiger partial charge in [-0.25, -0.2) is 0 Å². The molecule has 0 aliphatic rings. The van der Waals surface area contributed by atoms with Gasteiger partial charge in [0.05, 0.1) is 5.02 Å².